The molecule has 4 nitrogen and oxygen atoms in total. The summed E-state index contributed by atoms with van der Waals surface area (Å²) in [6.07, 6.45) is 0.814. The van der Waals surface area contributed by atoms with Gasteiger partial charge < -0.3 is 0 Å². The molecule has 1 aliphatic heterocycles. The quantitative estimate of drug-likeness (QED) is 0.675. The zero-order chi connectivity index (χ0) is 17.2. The number of hydrogen-bond donors (Lipinski definition) is 0. The van der Waals surface area contributed by atoms with Crippen molar-refractivity contribution in [2.45, 2.75) is 34.9 Å². The minimum atomic E-state index is 0.145. The molecule has 0 aliphatic carbocycles. The summed E-state index contributed by atoms with van der Waals surface area (Å²) in [6, 6.07) is 19.0. The monoisotopic (exact) mass is 366 g/mol. The summed E-state index contributed by atoms with van der Waals surface area (Å²) in [5.41, 5.74) is 3.45. The number of rotatable bonds is 4. The van der Waals surface area contributed by atoms with Crippen molar-refractivity contribution in [1.29, 1.82) is 0 Å². The van der Waals surface area contributed by atoms with Gasteiger partial charge in [-0.05, 0) is 24.6 Å². The second-order valence-electron chi connectivity index (χ2n) is 5.80. The van der Waals surface area contributed by atoms with E-state index in [4.69, 9.17) is 5.10 Å². The average molecular weight is 367 g/mol. The highest BCUT2D eigenvalue weighted by Gasteiger charge is 2.29. The summed E-state index contributed by atoms with van der Waals surface area (Å²) in [5.74, 6) is 0.898. The highest BCUT2D eigenvalue weighted by Crippen LogP contribution is 2.40. The number of aromatic nitrogens is 3. The van der Waals surface area contributed by atoms with Gasteiger partial charge in [0.15, 0.2) is 5.82 Å². The highest BCUT2D eigenvalue weighted by atomic mass is 32.2. The van der Waals surface area contributed by atoms with Crippen molar-refractivity contribution in [2.75, 3.05) is 0 Å². The molecular weight excluding hydrogens is 348 g/mol. The van der Waals surface area contributed by atoms with Gasteiger partial charge in [-0.3, -0.25) is 0 Å². The van der Waals surface area contributed by atoms with Crippen LogP contribution in [0.25, 0.3) is 0 Å². The average Bonchev–Trinajstić information content (AvgIpc) is 3.04. The van der Waals surface area contributed by atoms with Gasteiger partial charge in [-0.25, -0.2) is 0 Å². The van der Waals surface area contributed by atoms with E-state index in [1.54, 1.807) is 23.5 Å². The molecule has 2 aromatic carbocycles. The molecule has 1 atom stereocenters. The van der Waals surface area contributed by atoms with Crippen LogP contribution in [-0.4, -0.2) is 25.2 Å². The Morgan fingerprint density at radius 3 is 2.52 bits per heavy atom. The van der Waals surface area contributed by atoms with Crippen LogP contribution in [0.2, 0.25) is 0 Å². The van der Waals surface area contributed by atoms with Crippen LogP contribution < -0.4 is 0 Å². The summed E-state index contributed by atoms with van der Waals surface area (Å²) in [4.78, 5) is 1.23. The Morgan fingerprint density at radius 2 is 1.80 bits per heavy atom. The van der Waals surface area contributed by atoms with E-state index in [1.165, 1.54) is 10.5 Å². The Hall–Kier alpha value is -2.05. The SMILES string of the molecule is CCc1nnc2n1N=C(c1ccc(C)cc1)C(Sc1ccccc1)S2. The number of thioether (sulfide) groups is 2. The van der Waals surface area contributed by atoms with Crippen molar-refractivity contribution in [1.82, 2.24) is 14.9 Å². The molecule has 0 spiro atoms. The molecule has 1 aromatic heterocycles. The molecule has 0 N–H and O–H groups in total. The molecule has 0 saturated carbocycles. The normalized spacial score (nSPS) is 16.4. The zero-order valence-corrected chi connectivity index (χ0v) is 15.7. The van der Waals surface area contributed by atoms with Gasteiger partial charge in [0.05, 0.1) is 5.71 Å². The molecular formula is C19H18N4S2. The molecule has 2 heterocycles. The van der Waals surface area contributed by atoms with Crippen LogP contribution in [-0.2, 0) is 6.42 Å². The van der Waals surface area contributed by atoms with Gasteiger partial charge in [0, 0.05) is 11.3 Å². The molecule has 1 aliphatic rings. The summed E-state index contributed by atoms with van der Waals surface area (Å²) >= 11 is 3.52. The van der Waals surface area contributed by atoms with E-state index < -0.39 is 0 Å². The lowest BCUT2D eigenvalue weighted by Crippen LogP contribution is -2.22. The van der Waals surface area contributed by atoms with Crippen LogP contribution in [0.4, 0.5) is 0 Å². The lowest BCUT2D eigenvalue weighted by molar-refractivity contribution is 0.712. The molecule has 0 bridgehead atoms. The van der Waals surface area contributed by atoms with Gasteiger partial charge in [-0.1, -0.05) is 66.7 Å². The number of benzene rings is 2. The summed E-state index contributed by atoms with van der Waals surface area (Å²) < 4.78 is 2.04. The van der Waals surface area contributed by atoms with Crippen LogP contribution >= 0.6 is 23.5 Å². The Balaban J connectivity index is 1.76. The molecule has 1 unspecified atom stereocenters. The van der Waals surface area contributed by atoms with Crippen LogP contribution in [0, 0.1) is 6.92 Å². The van der Waals surface area contributed by atoms with Crippen LogP contribution in [0.1, 0.15) is 23.9 Å². The Kier molecular flexibility index (Phi) is 4.63. The maximum absolute atomic E-state index is 4.92. The summed E-state index contributed by atoms with van der Waals surface area (Å²) in [7, 11) is 0. The van der Waals surface area contributed by atoms with E-state index in [0.29, 0.717) is 0 Å². The largest absolute Gasteiger partial charge is 0.213 e. The fourth-order valence-electron chi connectivity index (χ4n) is 2.62. The predicted octanol–water partition coefficient (Wildman–Crippen LogP) is 4.63. The molecule has 0 radical (unpaired) electrons. The standard InChI is InChI=1S/C19H18N4S2/c1-3-16-20-21-19-23(16)22-17(14-11-9-13(2)10-12-14)18(25-19)24-15-7-5-4-6-8-15/h4-12,18H,3H2,1-2H3. The van der Waals surface area contributed by atoms with Crippen LogP contribution in [0.5, 0.6) is 0 Å². The fourth-order valence-corrected chi connectivity index (χ4v) is 5.08. The molecule has 25 heavy (non-hydrogen) atoms. The van der Waals surface area contributed by atoms with Gasteiger partial charge in [0.25, 0.3) is 0 Å². The van der Waals surface area contributed by atoms with Crippen molar-refractivity contribution < 1.29 is 0 Å². The maximum Gasteiger partial charge on any atom is 0.213 e. The van der Waals surface area contributed by atoms with Gasteiger partial charge >= 0.3 is 0 Å². The minimum absolute atomic E-state index is 0.145. The highest BCUT2D eigenvalue weighted by molar-refractivity contribution is 8.18. The van der Waals surface area contributed by atoms with Crippen LogP contribution in [0.15, 0.2) is 69.8 Å². The molecule has 126 valence electrons. The smallest absolute Gasteiger partial charge is 0.191 e. The topological polar surface area (TPSA) is 43.1 Å². The molecule has 0 fully saturated rings. The molecule has 4 rings (SSSR count). The number of aryl methyl sites for hydroxylation is 2. The predicted molar refractivity (Wildman–Crippen MR) is 104 cm³/mol. The third-order valence-corrected chi connectivity index (χ3v) is 6.43. The third kappa shape index (κ3) is 3.37. The van der Waals surface area contributed by atoms with Crippen LogP contribution in [0.3, 0.4) is 0 Å². The summed E-state index contributed by atoms with van der Waals surface area (Å²) in [6.45, 7) is 4.18. The first kappa shape index (κ1) is 16.4. The first-order valence-electron chi connectivity index (χ1n) is 8.23. The van der Waals surface area contributed by atoms with Gasteiger partial charge in [0.1, 0.15) is 4.58 Å². The lowest BCUT2D eigenvalue weighted by Gasteiger charge is -2.23. The molecule has 0 amide bonds. The second-order valence-corrected chi connectivity index (χ2v) is 8.35. The van der Waals surface area contributed by atoms with Crippen molar-refractivity contribution in [2.24, 2.45) is 5.10 Å². The first-order chi connectivity index (χ1) is 12.2. The van der Waals surface area contributed by atoms with Crippen molar-refractivity contribution >= 4 is 29.2 Å². The van der Waals surface area contributed by atoms with E-state index in [9.17, 15) is 0 Å². The minimum Gasteiger partial charge on any atom is -0.191 e. The molecule has 0 saturated heterocycles. The Bertz CT molecular complexity index is 901. The lowest BCUT2D eigenvalue weighted by atomic mass is 10.1. The molecule has 3 aromatic rings. The van der Waals surface area contributed by atoms with E-state index >= 15 is 0 Å². The van der Waals surface area contributed by atoms with E-state index in [0.717, 1.165) is 28.7 Å². The van der Waals surface area contributed by atoms with Gasteiger partial charge in [0.2, 0.25) is 5.16 Å². The number of hydrogen-bond acceptors (Lipinski definition) is 5. The van der Waals surface area contributed by atoms with E-state index in [2.05, 4.69) is 72.6 Å². The van der Waals surface area contributed by atoms with Crippen molar-refractivity contribution in [3.8, 4) is 0 Å². The maximum atomic E-state index is 4.92. The number of fused-ring (bicyclic) bond motifs is 1. The van der Waals surface area contributed by atoms with Crippen molar-refractivity contribution in [3.05, 3.63) is 71.5 Å². The Morgan fingerprint density at radius 1 is 1.04 bits per heavy atom. The fraction of sp³-hybridized carbons (Fsp3) is 0.211. The third-order valence-electron chi connectivity index (χ3n) is 3.97. The Labute approximate surface area is 155 Å². The first-order valence-corrected chi connectivity index (χ1v) is 9.99. The summed E-state index contributed by atoms with van der Waals surface area (Å²) in [5, 5.41) is 14.4. The van der Waals surface area contributed by atoms with E-state index in [-0.39, 0.29) is 4.58 Å². The van der Waals surface area contributed by atoms with E-state index in [1.807, 2.05) is 10.7 Å². The van der Waals surface area contributed by atoms with Gasteiger partial charge in [-0.15, -0.1) is 22.0 Å². The van der Waals surface area contributed by atoms with Crippen molar-refractivity contribution in [3.63, 3.8) is 0 Å². The van der Waals surface area contributed by atoms with Gasteiger partial charge in [-0.2, -0.15) is 9.78 Å². The zero-order valence-electron chi connectivity index (χ0n) is 14.1. The molecule has 6 heteroatoms. The number of nitrogens with zero attached hydrogens (tertiary/aromatic N) is 4. The second kappa shape index (κ2) is 7.06.